The fourth-order valence-electron chi connectivity index (χ4n) is 1.42. The van der Waals surface area contributed by atoms with Crippen molar-refractivity contribution in [2.45, 2.75) is 4.90 Å². The second kappa shape index (κ2) is 3.68. The van der Waals surface area contributed by atoms with E-state index in [4.69, 9.17) is 10.2 Å². The van der Waals surface area contributed by atoms with Crippen LogP contribution in [0.4, 0.5) is 5.88 Å². The first-order chi connectivity index (χ1) is 7.48. The van der Waals surface area contributed by atoms with Gasteiger partial charge in [-0.1, -0.05) is 30.3 Å². The van der Waals surface area contributed by atoms with Gasteiger partial charge in [0.1, 0.15) is 10.7 Å². The SMILES string of the molecule is CS(=O)(=O)c1cc(-c2ccccc2)oc1N. The first kappa shape index (κ1) is 10.8. The van der Waals surface area contributed by atoms with Crippen LogP contribution in [0, 0.1) is 0 Å². The molecule has 2 N–H and O–H groups in total. The Morgan fingerprint density at radius 3 is 2.31 bits per heavy atom. The molecule has 0 saturated heterocycles. The molecule has 1 aromatic heterocycles. The van der Waals surface area contributed by atoms with Crippen molar-refractivity contribution in [3.05, 3.63) is 36.4 Å². The zero-order chi connectivity index (χ0) is 11.8. The summed E-state index contributed by atoms with van der Waals surface area (Å²) in [6.45, 7) is 0. The summed E-state index contributed by atoms with van der Waals surface area (Å²) in [5, 5.41) is 0. The van der Waals surface area contributed by atoms with Gasteiger partial charge in [0.15, 0.2) is 9.84 Å². The van der Waals surface area contributed by atoms with Gasteiger partial charge >= 0.3 is 0 Å². The molecule has 0 aliphatic heterocycles. The van der Waals surface area contributed by atoms with E-state index in [-0.39, 0.29) is 10.8 Å². The van der Waals surface area contributed by atoms with Gasteiger partial charge in [-0.25, -0.2) is 8.42 Å². The van der Waals surface area contributed by atoms with Gasteiger partial charge < -0.3 is 10.2 Å². The van der Waals surface area contributed by atoms with Crippen molar-refractivity contribution >= 4 is 15.7 Å². The van der Waals surface area contributed by atoms with Crippen LogP contribution in [-0.4, -0.2) is 14.7 Å². The third-order valence-corrected chi connectivity index (χ3v) is 3.30. The Kier molecular flexibility index (Phi) is 2.47. The van der Waals surface area contributed by atoms with Crippen LogP contribution in [0.25, 0.3) is 11.3 Å². The average Bonchev–Trinajstić information content (AvgIpc) is 2.61. The molecule has 2 aromatic rings. The van der Waals surface area contributed by atoms with Gasteiger partial charge in [0.05, 0.1) is 0 Å². The highest BCUT2D eigenvalue weighted by Crippen LogP contribution is 2.29. The van der Waals surface area contributed by atoms with Crippen LogP contribution in [0.1, 0.15) is 0 Å². The minimum atomic E-state index is -3.34. The van der Waals surface area contributed by atoms with Crippen molar-refractivity contribution in [1.29, 1.82) is 0 Å². The summed E-state index contributed by atoms with van der Waals surface area (Å²) in [5.41, 5.74) is 6.31. The van der Waals surface area contributed by atoms with Crippen LogP contribution < -0.4 is 5.73 Å². The van der Waals surface area contributed by atoms with Crippen LogP contribution in [0.15, 0.2) is 45.7 Å². The first-order valence-corrected chi connectivity index (χ1v) is 6.52. The van der Waals surface area contributed by atoms with Gasteiger partial charge in [0.25, 0.3) is 0 Å². The van der Waals surface area contributed by atoms with Gasteiger partial charge in [-0.3, -0.25) is 0 Å². The zero-order valence-electron chi connectivity index (χ0n) is 8.67. The van der Waals surface area contributed by atoms with Crippen molar-refractivity contribution < 1.29 is 12.8 Å². The van der Waals surface area contributed by atoms with Crippen LogP contribution in [0.2, 0.25) is 0 Å². The van der Waals surface area contributed by atoms with E-state index in [1.54, 1.807) is 0 Å². The lowest BCUT2D eigenvalue weighted by atomic mass is 10.2. The molecule has 1 aromatic carbocycles. The molecule has 2 rings (SSSR count). The molecule has 0 unspecified atom stereocenters. The van der Waals surface area contributed by atoms with E-state index in [0.29, 0.717) is 5.76 Å². The molecular formula is C11H11NO3S. The Bertz CT molecular complexity index is 599. The Labute approximate surface area is 93.6 Å². The van der Waals surface area contributed by atoms with E-state index in [2.05, 4.69) is 0 Å². The average molecular weight is 237 g/mol. The maximum absolute atomic E-state index is 11.4. The molecule has 0 amide bonds. The summed E-state index contributed by atoms with van der Waals surface area (Å²) in [5.74, 6) is 0.389. The molecule has 0 bridgehead atoms. The zero-order valence-corrected chi connectivity index (χ0v) is 9.49. The van der Waals surface area contributed by atoms with Crippen molar-refractivity contribution in [1.82, 2.24) is 0 Å². The number of hydrogen-bond acceptors (Lipinski definition) is 4. The molecule has 4 nitrogen and oxygen atoms in total. The minimum Gasteiger partial charge on any atom is -0.440 e. The third kappa shape index (κ3) is 1.94. The Morgan fingerprint density at radius 1 is 1.19 bits per heavy atom. The molecule has 1 heterocycles. The van der Waals surface area contributed by atoms with E-state index in [1.165, 1.54) is 6.07 Å². The van der Waals surface area contributed by atoms with E-state index < -0.39 is 9.84 Å². The summed E-state index contributed by atoms with van der Waals surface area (Å²) in [6.07, 6.45) is 1.10. The van der Waals surface area contributed by atoms with Gasteiger partial charge in [0.2, 0.25) is 5.88 Å². The lowest BCUT2D eigenvalue weighted by molar-refractivity contribution is 0.587. The van der Waals surface area contributed by atoms with Crippen LogP contribution in [0.5, 0.6) is 0 Å². The highest BCUT2D eigenvalue weighted by molar-refractivity contribution is 7.90. The monoisotopic (exact) mass is 237 g/mol. The standard InChI is InChI=1S/C11H11NO3S/c1-16(13,14)10-7-9(15-11(10)12)8-5-3-2-4-6-8/h2-7H,12H2,1H3. The van der Waals surface area contributed by atoms with Crippen molar-refractivity contribution in [3.63, 3.8) is 0 Å². The highest BCUT2D eigenvalue weighted by Gasteiger charge is 2.18. The van der Waals surface area contributed by atoms with Crippen LogP contribution in [-0.2, 0) is 9.84 Å². The summed E-state index contributed by atoms with van der Waals surface area (Å²) < 4.78 is 27.9. The van der Waals surface area contributed by atoms with E-state index in [0.717, 1.165) is 11.8 Å². The predicted octanol–water partition coefficient (Wildman–Crippen LogP) is 1.93. The van der Waals surface area contributed by atoms with Crippen molar-refractivity contribution in [3.8, 4) is 11.3 Å². The van der Waals surface area contributed by atoms with E-state index in [9.17, 15) is 8.42 Å². The molecule has 0 saturated carbocycles. The lowest BCUT2D eigenvalue weighted by Crippen LogP contribution is -1.98. The topological polar surface area (TPSA) is 73.3 Å². The highest BCUT2D eigenvalue weighted by atomic mass is 32.2. The summed E-state index contributed by atoms with van der Waals surface area (Å²) in [4.78, 5) is 0.0337. The smallest absolute Gasteiger partial charge is 0.209 e. The second-order valence-corrected chi connectivity index (χ2v) is 5.46. The summed E-state index contributed by atoms with van der Waals surface area (Å²) in [6, 6.07) is 10.6. The van der Waals surface area contributed by atoms with Gasteiger partial charge in [-0.2, -0.15) is 0 Å². The molecule has 84 valence electrons. The Morgan fingerprint density at radius 2 is 1.81 bits per heavy atom. The van der Waals surface area contributed by atoms with Gasteiger partial charge in [-0.15, -0.1) is 0 Å². The number of sulfone groups is 1. The molecule has 0 aliphatic carbocycles. The quantitative estimate of drug-likeness (QED) is 0.866. The van der Waals surface area contributed by atoms with Gasteiger partial charge in [-0.05, 0) is 0 Å². The number of benzene rings is 1. The maximum Gasteiger partial charge on any atom is 0.209 e. The fraction of sp³-hybridized carbons (Fsp3) is 0.0909. The molecule has 16 heavy (non-hydrogen) atoms. The second-order valence-electron chi connectivity index (χ2n) is 3.48. The number of nitrogen functional groups attached to an aromatic ring is 1. The largest absolute Gasteiger partial charge is 0.440 e. The number of anilines is 1. The number of nitrogens with two attached hydrogens (primary N) is 1. The lowest BCUT2D eigenvalue weighted by Gasteiger charge is -1.93. The predicted molar refractivity (Wildman–Crippen MR) is 61.7 cm³/mol. The van der Waals surface area contributed by atoms with Crippen LogP contribution >= 0.6 is 0 Å². The van der Waals surface area contributed by atoms with Crippen molar-refractivity contribution in [2.75, 3.05) is 12.0 Å². The van der Waals surface area contributed by atoms with E-state index in [1.807, 2.05) is 30.3 Å². The summed E-state index contributed by atoms with van der Waals surface area (Å²) >= 11 is 0. The van der Waals surface area contributed by atoms with Crippen molar-refractivity contribution in [2.24, 2.45) is 0 Å². The molecule has 0 fully saturated rings. The van der Waals surface area contributed by atoms with E-state index >= 15 is 0 Å². The number of rotatable bonds is 2. The van der Waals surface area contributed by atoms with Gasteiger partial charge in [0, 0.05) is 17.9 Å². The molecular weight excluding hydrogens is 226 g/mol. The first-order valence-electron chi connectivity index (χ1n) is 4.63. The normalized spacial score (nSPS) is 11.6. The van der Waals surface area contributed by atoms with Crippen LogP contribution in [0.3, 0.4) is 0 Å². The molecule has 0 radical (unpaired) electrons. The number of furan rings is 1. The Hall–Kier alpha value is -1.75. The molecule has 5 heteroatoms. The third-order valence-electron chi connectivity index (χ3n) is 2.18. The number of hydrogen-bond donors (Lipinski definition) is 1. The molecule has 0 aliphatic rings. The molecule has 0 spiro atoms. The summed E-state index contributed by atoms with van der Waals surface area (Å²) in [7, 11) is -3.34. The Balaban J connectivity index is 2.55. The minimum absolute atomic E-state index is 0.0337. The fourth-order valence-corrected chi connectivity index (χ4v) is 2.15. The molecule has 0 atom stereocenters. The maximum atomic E-state index is 11.4.